The molecule has 23 heavy (non-hydrogen) atoms. The first kappa shape index (κ1) is 18.9. The van der Waals surface area contributed by atoms with Gasteiger partial charge in [0.2, 0.25) is 5.91 Å². The highest BCUT2D eigenvalue weighted by molar-refractivity contribution is 5.73. The van der Waals surface area contributed by atoms with Gasteiger partial charge in [0.15, 0.2) is 0 Å². The van der Waals surface area contributed by atoms with Crippen molar-refractivity contribution in [2.75, 3.05) is 6.54 Å². The topological polar surface area (TPSA) is 55.4 Å². The van der Waals surface area contributed by atoms with Crippen LogP contribution in [0.1, 0.15) is 52.2 Å². The minimum atomic E-state index is -0.344. The lowest BCUT2D eigenvalue weighted by atomic mass is 9.80. The van der Waals surface area contributed by atoms with Crippen molar-refractivity contribution in [1.82, 2.24) is 5.32 Å². The molecule has 0 aliphatic carbocycles. The number of ether oxygens (including phenoxy) is 1. The number of hydrogen-bond donors (Lipinski definition) is 1. The second-order valence-electron chi connectivity index (χ2n) is 6.66. The number of carbonyl (C=O) groups excluding carboxylic acids is 2. The molecule has 0 radical (unpaired) electrons. The average Bonchev–Trinajstić information content (AvgIpc) is 2.44. The summed E-state index contributed by atoms with van der Waals surface area (Å²) in [4.78, 5) is 23.0. The number of nitrogens with one attached hydrogen (secondary N) is 1. The first-order valence-corrected chi connectivity index (χ1v) is 7.82. The molecule has 0 aliphatic rings. The van der Waals surface area contributed by atoms with Gasteiger partial charge in [-0.2, -0.15) is 0 Å². The van der Waals surface area contributed by atoms with E-state index in [1.54, 1.807) is 6.92 Å². The third-order valence-corrected chi connectivity index (χ3v) is 3.69. The number of rotatable bonds is 7. The summed E-state index contributed by atoms with van der Waals surface area (Å²) in [5.74, 6) is -0.404. The zero-order chi connectivity index (χ0) is 17.6. The van der Waals surface area contributed by atoms with Gasteiger partial charge >= 0.3 is 5.97 Å². The third kappa shape index (κ3) is 6.27. The molecule has 1 aromatic rings. The molecule has 1 aromatic carbocycles. The molecule has 0 bridgehead atoms. The Balaban J connectivity index is 2.70. The summed E-state index contributed by atoms with van der Waals surface area (Å²) in [5.41, 5.74) is 2.80. The molecule has 4 nitrogen and oxygen atoms in total. The average molecular weight is 317 g/mol. The zero-order valence-electron chi connectivity index (χ0n) is 14.7. The molecule has 0 heterocycles. The lowest BCUT2D eigenvalue weighted by molar-refractivity contribution is -0.149. The summed E-state index contributed by atoms with van der Waals surface area (Å²) in [5, 5.41) is 2.64. The van der Waals surface area contributed by atoms with Crippen LogP contribution in [0.2, 0.25) is 0 Å². The van der Waals surface area contributed by atoms with E-state index in [2.05, 4.69) is 18.0 Å². The maximum absolute atomic E-state index is 12.2. The van der Waals surface area contributed by atoms with Crippen molar-refractivity contribution in [3.05, 3.63) is 42.0 Å². The van der Waals surface area contributed by atoms with Crippen LogP contribution in [0.25, 0.3) is 5.57 Å². The number of allylic oxidation sites excluding steroid dienone is 1. The number of benzene rings is 1. The lowest BCUT2D eigenvalue weighted by Gasteiger charge is -2.26. The van der Waals surface area contributed by atoms with Gasteiger partial charge in [-0.05, 0) is 25.0 Å². The van der Waals surface area contributed by atoms with Crippen LogP contribution in [0.15, 0.2) is 30.8 Å². The smallest absolute Gasteiger partial charge is 0.306 e. The van der Waals surface area contributed by atoms with Gasteiger partial charge in [0.1, 0.15) is 6.10 Å². The van der Waals surface area contributed by atoms with Gasteiger partial charge in [0, 0.05) is 12.3 Å². The molecule has 0 spiro atoms. The van der Waals surface area contributed by atoms with E-state index in [1.165, 1.54) is 6.92 Å². The Morgan fingerprint density at radius 3 is 2.52 bits per heavy atom. The molecule has 0 fully saturated rings. The van der Waals surface area contributed by atoms with Crippen LogP contribution < -0.4 is 5.32 Å². The summed E-state index contributed by atoms with van der Waals surface area (Å²) >= 11 is 0. The van der Waals surface area contributed by atoms with Crippen molar-refractivity contribution in [3.63, 3.8) is 0 Å². The molecule has 0 saturated heterocycles. The van der Waals surface area contributed by atoms with Gasteiger partial charge in [-0.1, -0.05) is 50.3 Å². The Labute approximate surface area is 138 Å². The van der Waals surface area contributed by atoms with Gasteiger partial charge in [-0.15, -0.1) is 0 Å². The van der Waals surface area contributed by atoms with E-state index in [0.29, 0.717) is 6.54 Å². The van der Waals surface area contributed by atoms with Crippen LogP contribution >= 0.6 is 0 Å². The molecule has 0 aliphatic heterocycles. The quantitative estimate of drug-likeness (QED) is 0.784. The molecule has 1 N–H and O–H groups in total. The Bertz CT molecular complexity index is 590. The molecule has 126 valence electrons. The second-order valence-corrected chi connectivity index (χ2v) is 6.66. The monoisotopic (exact) mass is 317 g/mol. The van der Waals surface area contributed by atoms with Crippen molar-refractivity contribution >= 4 is 17.4 Å². The first-order chi connectivity index (χ1) is 10.6. The van der Waals surface area contributed by atoms with Gasteiger partial charge in [-0.3, -0.25) is 9.59 Å². The molecule has 1 rings (SSSR count). The standard InChI is InChI=1S/C19H27NO3/c1-13(2)16-8-7-9-17(10-16)19(5,6)11-18(22)23-14(3)12-20-15(4)21/h7-10,14H,1,11-12H2,2-6H3,(H,20,21). The summed E-state index contributed by atoms with van der Waals surface area (Å²) in [6, 6.07) is 8.07. The Morgan fingerprint density at radius 1 is 1.30 bits per heavy atom. The van der Waals surface area contributed by atoms with E-state index in [-0.39, 0.29) is 29.8 Å². The number of carbonyl (C=O) groups is 2. The highest BCUT2D eigenvalue weighted by Gasteiger charge is 2.26. The minimum Gasteiger partial charge on any atom is -0.461 e. The van der Waals surface area contributed by atoms with Crippen LogP contribution in [-0.4, -0.2) is 24.5 Å². The van der Waals surface area contributed by atoms with Crippen molar-refractivity contribution < 1.29 is 14.3 Å². The normalized spacial score (nSPS) is 12.4. The highest BCUT2D eigenvalue weighted by Crippen LogP contribution is 2.29. The maximum Gasteiger partial charge on any atom is 0.306 e. The van der Waals surface area contributed by atoms with E-state index >= 15 is 0 Å². The van der Waals surface area contributed by atoms with Gasteiger partial charge in [0.25, 0.3) is 0 Å². The van der Waals surface area contributed by atoms with Crippen LogP contribution in [0, 0.1) is 0 Å². The van der Waals surface area contributed by atoms with E-state index in [4.69, 9.17) is 4.74 Å². The third-order valence-electron chi connectivity index (χ3n) is 3.69. The molecule has 0 saturated carbocycles. The Hall–Kier alpha value is -2.10. The van der Waals surface area contributed by atoms with E-state index in [1.807, 2.05) is 39.0 Å². The SMILES string of the molecule is C=C(C)c1cccc(C(C)(C)CC(=O)OC(C)CNC(C)=O)c1. The summed E-state index contributed by atoms with van der Waals surface area (Å²) in [7, 11) is 0. The molecular weight excluding hydrogens is 290 g/mol. The van der Waals surface area contributed by atoms with Crippen LogP contribution in [0.3, 0.4) is 0 Å². The minimum absolute atomic E-state index is 0.134. The van der Waals surface area contributed by atoms with Crippen molar-refractivity contribution in [3.8, 4) is 0 Å². The summed E-state index contributed by atoms with van der Waals surface area (Å²) < 4.78 is 5.36. The fourth-order valence-electron chi connectivity index (χ4n) is 2.26. The molecular formula is C19H27NO3. The van der Waals surface area contributed by atoms with E-state index < -0.39 is 0 Å². The Kier molecular flexibility index (Phi) is 6.55. The largest absolute Gasteiger partial charge is 0.461 e. The van der Waals surface area contributed by atoms with Crippen LogP contribution in [0.5, 0.6) is 0 Å². The van der Waals surface area contributed by atoms with Crippen LogP contribution in [-0.2, 0) is 19.7 Å². The maximum atomic E-state index is 12.2. The number of hydrogen-bond acceptors (Lipinski definition) is 3. The van der Waals surface area contributed by atoms with Crippen molar-refractivity contribution in [2.45, 2.75) is 52.6 Å². The highest BCUT2D eigenvalue weighted by atomic mass is 16.5. The van der Waals surface area contributed by atoms with Gasteiger partial charge in [-0.25, -0.2) is 0 Å². The first-order valence-electron chi connectivity index (χ1n) is 7.82. The van der Waals surface area contributed by atoms with Crippen molar-refractivity contribution in [1.29, 1.82) is 0 Å². The van der Waals surface area contributed by atoms with E-state index in [0.717, 1.165) is 16.7 Å². The fraction of sp³-hybridized carbons (Fsp3) is 0.474. The number of esters is 1. The number of amides is 1. The predicted octanol–water partition coefficient (Wildman–Crippen LogP) is 3.46. The summed E-state index contributed by atoms with van der Waals surface area (Å²) in [6.45, 7) is 13.5. The van der Waals surface area contributed by atoms with E-state index in [9.17, 15) is 9.59 Å². The predicted molar refractivity (Wildman–Crippen MR) is 93.0 cm³/mol. The summed E-state index contributed by atoms with van der Waals surface area (Å²) in [6.07, 6.45) is -0.0687. The van der Waals surface area contributed by atoms with Gasteiger partial charge in [0.05, 0.1) is 13.0 Å². The van der Waals surface area contributed by atoms with Gasteiger partial charge < -0.3 is 10.1 Å². The second kappa shape index (κ2) is 7.95. The lowest BCUT2D eigenvalue weighted by Crippen LogP contribution is -2.33. The molecule has 1 amide bonds. The molecule has 1 atom stereocenters. The van der Waals surface area contributed by atoms with Crippen molar-refractivity contribution in [2.24, 2.45) is 0 Å². The Morgan fingerprint density at radius 2 is 1.96 bits per heavy atom. The fourth-order valence-corrected chi connectivity index (χ4v) is 2.26. The zero-order valence-corrected chi connectivity index (χ0v) is 14.7. The molecule has 1 unspecified atom stereocenters. The molecule has 4 heteroatoms. The molecule has 0 aromatic heterocycles. The van der Waals surface area contributed by atoms with Crippen LogP contribution in [0.4, 0.5) is 0 Å².